The van der Waals surface area contributed by atoms with E-state index in [1.54, 1.807) is 0 Å². The third-order valence-electron chi connectivity index (χ3n) is 8.29. The van der Waals surface area contributed by atoms with Gasteiger partial charge in [0.15, 0.2) is 0 Å². The number of nitrogens with zero attached hydrogens (tertiary/aromatic N) is 2. The fraction of sp³-hybridized carbons (Fsp3) is 0.571. The second kappa shape index (κ2) is 16.8. The Labute approximate surface area is 262 Å². The van der Waals surface area contributed by atoms with Crippen LogP contribution in [0.4, 0.5) is 0 Å². The van der Waals surface area contributed by atoms with Crippen molar-refractivity contribution >= 4 is 15.2 Å². The number of aliphatic hydroxyl groups is 4. The maximum Gasteiger partial charge on any atom is 0.339 e. The van der Waals surface area contributed by atoms with Crippen LogP contribution < -0.4 is 5.73 Å². The van der Waals surface area contributed by atoms with Crippen LogP contribution in [0.25, 0.3) is 0 Å². The second-order valence-electron chi connectivity index (χ2n) is 11.2. The Hall–Kier alpha value is -1.94. The van der Waals surface area contributed by atoms with Crippen LogP contribution >= 0.6 is 15.2 Å². The van der Waals surface area contributed by atoms with Crippen LogP contribution in [0.5, 0.6) is 11.5 Å². The van der Waals surface area contributed by atoms with Gasteiger partial charge in [0, 0.05) is 34.3 Å². The molecule has 0 aliphatic heterocycles. The normalized spacial score (nSPS) is 16.1. The van der Waals surface area contributed by atoms with E-state index in [1.165, 1.54) is 60.0 Å². The zero-order valence-corrected chi connectivity index (χ0v) is 27.2. The molecule has 0 saturated heterocycles. The summed E-state index contributed by atoms with van der Waals surface area (Å²) >= 11 is 0. The van der Waals surface area contributed by atoms with Gasteiger partial charge in [-0.05, 0) is 33.2 Å². The van der Waals surface area contributed by atoms with Gasteiger partial charge in [-0.25, -0.2) is 0 Å². The standard InChI is InChI=1S/C28H47N3O12P2/c1-19(23-9-5-7-21(13-32)26(23)36)30(17-44(38,39)40)25(15-34)28(16-35,11-3-4-12-29)31(18-45(41,42)43)20(2)24-10-6-8-22(14-33)27(24)37/h5-10,19-20,25,32-37H,3-4,11-18,29H2,1-2H3,(H2,38,39,40)(H2,41,42,43). The van der Waals surface area contributed by atoms with E-state index in [4.69, 9.17) is 5.73 Å². The largest absolute Gasteiger partial charge is 0.507 e. The number of unbranched alkanes of at least 4 members (excludes halogenated alkanes) is 1. The molecule has 0 saturated carbocycles. The van der Waals surface area contributed by atoms with Crippen LogP contribution in [-0.2, 0) is 22.3 Å². The summed E-state index contributed by atoms with van der Waals surface area (Å²) in [5.74, 6) is -0.715. The van der Waals surface area contributed by atoms with Gasteiger partial charge in [-0.1, -0.05) is 42.8 Å². The molecule has 0 aromatic heterocycles. The SMILES string of the molecule is CC(c1cccc(CO)c1O)N(CP(=O)(O)O)C(CO)C(CO)(CCCCN)N(CP(=O)(O)O)C(C)c1cccc(CO)c1O. The lowest BCUT2D eigenvalue weighted by Gasteiger charge is -2.54. The van der Waals surface area contributed by atoms with Crippen molar-refractivity contribution in [3.63, 3.8) is 0 Å². The molecule has 4 atom stereocenters. The average molecular weight is 680 g/mol. The summed E-state index contributed by atoms with van der Waals surface area (Å²) in [6, 6.07) is 5.24. The lowest BCUT2D eigenvalue weighted by Crippen LogP contribution is -2.66. The van der Waals surface area contributed by atoms with Gasteiger partial charge in [0.2, 0.25) is 0 Å². The first-order valence-corrected chi connectivity index (χ1v) is 18.0. The van der Waals surface area contributed by atoms with Crippen molar-refractivity contribution in [1.29, 1.82) is 0 Å². The van der Waals surface area contributed by atoms with Crippen LogP contribution in [0.3, 0.4) is 0 Å². The predicted octanol–water partition coefficient (Wildman–Crippen LogP) is 1.000. The molecule has 45 heavy (non-hydrogen) atoms. The summed E-state index contributed by atoms with van der Waals surface area (Å²) < 4.78 is 25.2. The maximum atomic E-state index is 12.6. The molecule has 2 aromatic carbocycles. The fourth-order valence-corrected chi connectivity index (χ4v) is 7.78. The quantitative estimate of drug-likeness (QED) is 0.0730. The molecule has 0 radical (unpaired) electrons. The second-order valence-corrected chi connectivity index (χ2v) is 14.4. The van der Waals surface area contributed by atoms with Gasteiger partial charge in [-0.2, -0.15) is 0 Å². The molecule has 12 N–H and O–H groups in total. The number of phenols is 2. The fourth-order valence-electron chi connectivity index (χ4n) is 5.99. The van der Waals surface area contributed by atoms with E-state index >= 15 is 0 Å². The molecule has 0 amide bonds. The molecule has 0 aliphatic rings. The minimum absolute atomic E-state index is 0.0796. The average Bonchev–Trinajstić information content (AvgIpc) is 2.97. The van der Waals surface area contributed by atoms with Gasteiger partial charge < -0.3 is 55.9 Å². The first-order chi connectivity index (χ1) is 21.0. The zero-order chi connectivity index (χ0) is 34.2. The van der Waals surface area contributed by atoms with Crippen molar-refractivity contribution in [3.8, 4) is 11.5 Å². The molecule has 0 heterocycles. The molecule has 256 valence electrons. The topological polar surface area (TPSA) is 269 Å². The van der Waals surface area contributed by atoms with E-state index in [1.807, 2.05) is 0 Å². The highest BCUT2D eigenvalue weighted by Gasteiger charge is 2.51. The molecule has 0 aliphatic carbocycles. The lowest BCUT2D eigenvalue weighted by atomic mass is 9.80. The Morgan fingerprint density at radius 1 is 0.778 bits per heavy atom. The van der Waals surface area contributed by atoms with Crippen LogP contribution in [0.2, 0.25) is 0 Å². The Morgan fingerprint density at radius 3 is 1.67 bits per heavy atom. The highest BCUT2D eigenvalue weighted by atomic mass is 31.2. The molecule has 0 spiro atoms. The Morgan fingerprint density at radius 2 is 1.27 bits per heavy atom. The van der Waals surface area contributed by atoms with E-state index in [2.05, 4.69) is 0 Å². The van der Waals surface area contributed by atoms with Crippen LogP contribution in [-0.4, -0.2) is 104 Å². The van der Waals surface area contributed by atoms with E-state index in [0.29, 0.717) is 6.42 Å². The minimum atomic E-state index is -4.96. The summed E-state index contributed by atoms with van der Waals surface area (Å²) in [5.41, 5.74) is 4.40. The molecule has 2 rings (SSSR count). The molecule has 4 unspecified atom stereocenters. The van der Waals surface area contributed by atoms with Gasteiger partial charge in [-0.15, -0.1) is 0 Å². The van der Waals surface area contributed by atoms with Crippen molar-refractivity contribution in [2.75, 3.05) is 32.3 Å². The zero-order valence-electron chi connectivity index (χ0n) is 25.4. The predicted molar refractivity (Wildman–Crippen MR) is 166 cm³/mol. The van der Waals surface area contributed by atoms with Gasteiger partial charge in [0.1, 0.15) is 24.1 Å². The van der Waals surface area contributed by atoms with Crippen molar-refractivity contribution in [2.45, 2.75) is 70.0 Å². The van der Waals surface area contributed by atoms with Gasteiger partial charge in [0.25, 0.3) is 0 Å². The smallest absolute Gasteiger partial charge is 0.339 e. The Bertz CT molecular complexity index is 1340. The van der Waals surface area contributed by atoms with E-state index < -0.39 is 77.9 Å². The number of para-hydroxylation sites is 2. The van der Waals surface area contributed by atoms with Crippen molar-refractivity contribution in [1.82, 2.24) is 9.80 Å². The Kier molecular flexibility index (Phi) is 14.6. The van der Waals surface area contributed by atoms with E-state index in [9.17, 15) is 59.3 Å². The number of hydrogen-bond acceptors (Lipinski definition) is 11. The molecule has 0 fully saturated rings. The van der Waals surface area contributed by atoms with Gasteiger partial charge >= 0.3 is 15.2 Å². The number of nitrogens with two attached hydrogens (primary N) is 1. The van der Waals surface area contributed by atoms with Crippen molar-refractivity contribution in [2.24, 2.45) is 5.73 Å². The van der Waals surface area contributed by atoms with Gasteiger partial charge in [0.05, 0.1) is 38.0 Å². The van der Waals surface area contributed by atoms with Crippen molar-refractivity contribution in [3.05, 3.63) is 58.7 Å². The number of hydrogen-bond donors (Lipinski definition) is 11. The first kappa shape index (κ1) is 39.2. The number of aromatic hydroxyl groups is 2. The summed E-state index contributed by atoms with van der Waals surface area (Å²) in [6.45, 7) is 0.364. The monoisotopic (exact) mass is 679 g/mol. The molecular weight excluding hydrogens is 632 g/mol. The molecular formula is C28H47N3O12P2. The highest BCUT2D eigenvalue weighted by Crippen LogP contribution is 2.49. The molecule has 15 nitrogen and oxygen atoms in total. The summed E-state index contributed by atoms with van der Waals surface area (Å²) in [4.78, 5) is 43.2. The molecule has 17 heteroatoms. The minimum Gasteiger partial charge on any atom is -0.507 e. The van der Waals surface area contributed by atoms with E-state index in [0.717, 1.165) is 0 Å². The lowest BCUT2D eigenvalue weighted by molar-refractivity contribution is -0.0821. The number of aliphatic hydroxyl groups excluding tert-OH is 4. The summed E-state index contributed by atoms with van der Waals surface area (Å²) in [7, 11) is -9.90. The van der Waals surface area contributed by atoms with Crippen molar-refractivity contribution < 1.29 is 59.3 Å². The highest BCUT2D eigenvalue weighted by molar-refractivity contribution is 7.51. The maximum absolute atomic E-state index is 12.6. The van der Waals surface area contributed by atoms with E-state index in [-0.39, 0.29) is 53.1 Å². The third kappa shape index (κ3) is 9.78. The first-order valence-electron chi connectivity index (χ1n) is 14.4. The number of rotatable bonds is 19. The summed E-state index contributed by atoms with van der Waals surface area (Å²) in [5, 5.41) is 63.5. The molecule has 2 aromatic rings. The van der Waals surface area contributed by atoms with Gasteiger partial charge in [-0.3, -0.25) is 18.9 Å². The molecule has 0 bridgehead atoms. The van der Waals surface area contributed by atoms with Crippen LogP contribution in [0, 0.1) is 0 Å². The Balaban J connectivity index is 2.94. The third-order valence-corrected chi connectivity index (χ3v) is 9.66. The van der Waals surface area contributed by atoms with Crippen LogP contribution in [0.1, 0.15) is 67.4 Å². The van der Waals surface area contributed by atoms with Crippen LogP contribution in [0.15, 0.2) is 36.4 Å². The number of benzene rings is 2. The summed E-state index contributed by atoms with van der Waals surface area (Å²) in [6.07, 6.45) is -1.44.